The fraction of sp³-hybridized carbons (Fsp3) is 0.567. The number of fused-ring (bicyclic) bond motifs is 1. The number of ether oxygens (including phenoxy) is 1. The molecule has 0 bridgehead atoms. The maximum atomic E-state index is 5.47. The van der Waals surface area contributed by atoms with Crippen LogP contribution in [0.1, 0.15) is 45.5 Å². The predicted molar refractivity (Wildman–Crippen MR) is 152 cm³/mol. The molecular weight excluding hydrogens is 446 g/mol. The highest BCUT2D eigenvalue weighted by Crippen LogP contribution is 2.30. The number of pyridine rings is 1. The molecule has 0 amide bonds. The van der Waals surface area contributed by atoms with Crippen LogP contribution >= 0.6 is 0 Å². The smallest absolute Gasteiger partial charge is 0.0799 e. The lowest BCUT2D eigenvalue weighted by atomic mass is 10.1. The molecule has 0 aliphatic carbocycles. The van der Waals surface area contributed by atoms with Crippen molar-refractivity contribution in [2.45, 2.75) is 53.5 Å². The van der Waals surface area contributed by atoms with Gasteiger partial charge in [-0.2, -0.15) is 0 Å². The second-order valence-corrected chi connectivity index (χ2v) is 10.1. The second kappa shape index (κ2) is 12.7. The topological polar surface area (TPSA) is 47.6 Å². The van der Waals surface area contributed by atoms with E-state index in [1.807, 2.05) is 13.8 Å². The summed E-state index contributed by atoms with van der Waals surface area (Å²) in [5.41, 5.74) is 7.14. The summed E-state index contributed by atoms with van der Waals surface area (Å²) in [6.45, 7) is 20.1. The highest BCUT2D eigenvalue weighted by molar-refractivity contribution is 5.94. The van der Waals surface area contributed by atoms with Gasteiger partial charge in [-0.05, 0) is 64.4 Å². The number of aromatic amines is 1. The van der Waals surface area contributed by atoms with Crippen LogP contribution in [0.2, 0.25) is 0 Å². The van der Waals surface area contributed by atoms with Crippen LogP contribution in [0.4, 0.5) is 5.69 Å². The molecule has 3 aromatic rings. The first kappa shape index (κ1) is 26.6. The lowest BCUT2D eigenvalue weighted by Crippen LogP contribution is -2.48. The second-order valence-electron chi connectivity index (χ2n) is 10.1. The summed E-state index contributed by atoms with van der Waals surface area (Å²) in [6, 6.07) is 14.2. The first-order valence-electron chi connectivity index (χ1n) is 14.0. The Bertz CT molecular complexity index is 1080. The summed E-state index contributed by atoms with van der Waals surface area (Å²) in [5, 5.41) is 1.23. The zero-order chi connectivity index (χ0) is 25.5. The van der Waals surface area contributed by atoms with Crippen LogP contribution in [0.25, 0.3) is 22.2 Å². The first-order valence-corrected chi connectivity index (χ1v) is 14.0. The molecule has 2 aliphatic heterocycles. The summed E-state index contributed by atoms with van der Waals surface area (Å²) in [6.07, 6.45) is 2.22. The van der Waals surface area contributed by atoms with Crippen molar-refractivity contribution in [1.82, 2.24) is 19.8 Å². The molecule has 2 saturated heterocycles. The van der Waals surface area contributed by atoms with E-state index in [0.29, 0.717) is 6.04 Å². The van der Waals surface area contributed by atoms with E-state index < -0.39 is 0 Å². The minimum Gasteiger partial charge on any atom is -0.379 e. The molecule has 5 rings (SSSR count). The molecule has 2 fully saturated rings. The average molecular weight is 492 g/mol. The van der Waals surface area contributed by atoms with Crippen molar-refractivity contribution in [3.63, 3.8) is 0 Å². The SMILES string of the molecule is CC.Cc1cc2[nH]c(CCCN3CCOCC3)cc2c(-c2ccc(N3CCN(C(C)C)CC3)cc2)n1. The number of piperazine rings is 1. The molecule has 0 unspecified atom stereocenters. The summed E-state index contributed by atoms with van der Waals surface area (Å²) < 4.78 is 5.47. The predicted octanol–water partition coefficient (Wildman–Crippen LogP) is 5.36. The van der Waals surface area contributed by atoms with Crippen LogP contribution < -0.4 is 4.90 Å². The lowest BCUT2D eigenvalue weighted by molar-refractivity contribution is 0.0374. The van der Waals surface area contributed by atoms with Crippen LogP contribution in [-0.4, -0.2) is 84.8 Å². The Kier molecular flexibility index (Phi) is 9.41. The van der Waals surface area contributed by atoms with E-state index in [4.69, 9.17) is 9.72 Å². The molecule has 36 heavy (non-hydrogen) atoms. The van der Waals surface area contributed by atoms with Crippen molar-refractivity contribution in [2.75, 3.05) is 63.9 Å². The Morgan fingerprint density at radius 3 is 2.31 bits per heavy atom. The van der Waals surface area contributed by atoms with Gasteiger partial charge in [-0.1, -0.05) is 26.0 Å². The van der Waals surface area contributed by atoms with Crippen LogP contribution in [-0.2, 0) is 11.2 Å². The lowest BCUT2D eigenvalue weighted by Gasteiger charge is -2.38. The fourth-order valence-corrected chi connectivity index (χ4v) is 5.32. The number of hydrogen-bond donors (Lipinski definition) is 1. The molecule has 0 spiro atoms. The van der Waals surface area contributed by atoms with Gasteiger partial charge in [0, 0.05) is 78.9 Å². The fourth-order valence-electron chi connectivity index (χ4n) is 5.32. The quantitative estimate of drug-likeness (QED) is 0.482. The molecule has 6 heteroatoms. The molecule has 6 nitrogen and oxygen atoms in total. The van der Waals surface area contributed by atoms with Crippen molar-refractivity contribution in [3.05, 3.63) is 47.8 Å². The van der Waals surface area contributed by atoms with Crippen molar-refractivity contribution in [2.24, 2.45) is 0 Å². The Labute approximate surface area is 217 Å². The minimum absolute atomic E-state index is 0.630. The van der Waals surface area contributed by atoms with Gasteiger partial charge >= 0.3 is 0 Å². The third-order valence-corrected chi connectivity index (χ3v) is 7.38. The zero-order valence-electron chi connectivity index (χ0n) is 23.0. The van der Waals surface area contributed by atoms with E-state index in [2.05, 4.69) is 76.9 Å². The maximum Gasteiger partial charge on any atom is 0.0799 e. The Balaban J connectivity index is 0.00000148. The van der Waals surface area contributed by atoms with E-state index in [0.717, 1.165) is 83.3 Å². The highest BCUT2D eigenvalue weighted by Gasteiger charge is 2.19. The molecule has 2 aromatic heterocycles. The Hall–Kier alpha value is -2.41. The number of H-pyrrole nitrogens is 1. The van der Waals surface area contributed by atoms with E-state index >= 15 is 0 Å². The Morgan fingerprint density at radius 2 is 1.64 bits per heavy atom. The van der Waals surface area contributed by atoms with Crippen molar-refractivity contribution >= 4 is 16.6 Å². The van der Waals surface area contributed by atoms with E-state index in [9.17, 15) is 0 Å². The van der Waals surface area contributed by atoms with Gasteiger partial charge in [0.1, 0.15) is 0 Å². The number of benzene rings is 1. The first-order chi connectivity index (χ1) is 17.6. The number of nitrogens with zero attached hydrogens (tertiary/aromatic N) is 4. The zero-order valence-corrected chi connectivity index (χ0v) is 23.0. The van der Waals surface area contributed by atoms with Gasteiger partial charge in [-0.15, -0.1) is 0 Å². The maximum absolute atomic E-state index is 5.47. The number of aromatic nitrogens is 2. The number of rotatable bonds is 7. The number of aryl methyl sites for hydroxylation is 2. The minimum atomic E-state index is 0.630. The number of hydrogen-bond acceptors (Lipinski definition) is 5. The molecule has 0 saturated carbocycles. The summed E-state index contributed by atoms with van der Waals surface area (Å²) in [5.74, 6) is 0. The van der Waals surface area contributed by atoms with Gasteiger partial charge in [0.15, 0.2) is 0 Å². The molecule has 0 radical (unpaired) electrons. The number of anilines is 1. The van der Waals surface area contributed by atoms with Crippen LogP contribution in [0.15, 0.2) is 36.4 Å². The van der Waals surface area contributed by atoms with E-state index in [1.54, 1.807) is 0 Å². The average Bonchev–Trinajstić information content (AvgIpc) is 3.32. The van der Waals surface area contributed by atoms with Gasteiger partial charge in [-0.25, -0.2) is 0 Å². The van der Waals surface area contributed by atoms with Crippen molar-refractivity contribution in [1.29, 1.82) is 0 Å². The van der Waals surface area contributed by atoms with Gasteiger partial charge in [0.2, 0.25) is 0 Å². The van der Waals surface area contributed by atoms with Crippen LogP contribution in [0.3, 0.4) is 0 Å². The molecule has 2 aliphatic rings. The van der Waals surface area contributed by atoms with Crippen molar-refractivity contribution < 1.29 is 4.74 Å². The number of morpholine rings is 1. The number of nitrogens with one attached hydrogen (secondary N) is 1. The molecule has 196 valence electrons. The van der Waals surface area contributed by atoms with Gasteiger partial charge in [0.25, 0.3) is 0 Å². The van der Waals surface area contributed by atoms with Gasteiger partial charge < -0.3 is 14.6 Å². The van der Waals surface area contributed by atoms with Crippen LogP contribution in [0.5, 0.6) is 0 Å². The van der Waals surface area contributed by atoms with Crippen LogP contribution in [0, 0.1) is 6.92 Å². The molecule has 4 heterocycles. The van der Waals surface area contributed by atoms with Gasteiger partial charge in [0.05, 0.1) is 18.9 Å². The molecule has 1 aromatic carbocycles. The third kappa shape index (κ3) is 6.47. The Morgan fingerprint density at radius 1 is 0.944 bits per heavy atom. The third-order valence-electron chi connectivity index (χ3n) is 7.38. The molecular formula is C30H45N5O. The van der Waals surface area contributed by atoms with E-state index in [-0.39, 0.29) is 0 Å². The molecule has 1 N–H and O–H groups in total. The monoisotopic (exact) mass is 491 g/mol. The molecule has 0 atom stereocenters. The standard InChI is InChI=1S/C28H39N5O.C2H6/c1-21(2)32-11-13-33(14-12-32)25-8-6-23(7-9-25)28-26-20-24(30-27(26)19-22(3)29-28)5-4-10-31-15-17-34-18-16-31;1-2/h6-9,19-21,30H,4-5,10-18H2,1-3H3;1-2H3. The highest BCUT2D eigenvalue weighted by atomic mass is 16.5. The van der Waals surface area contributed by atoms with Gasteiger partial charge in [-0.3, -0.25) is 14.8 Å². The normalized spacial score (nSPS) is 17.4. The van der Waals surface area contributed by atoms with E-state index in [1.165, 1.54) is 27.8 Å². The largest absolute Gasteiger partial charge is 0.379 e. The van der Waals surface area contributed by atoms with Crippen molar-refractivity contribution in [3.8, 4) is 11.3 Å². The summed E-state index contributed by atoms with van der Waals surface area (Å²) >= 11 is 0. The summed E-state index contributed by atoms with van der Waals surface area (Å²) in [7, 11) is 0. The summed E-state index contributed by atoms with van der Waals surface area (Å²) in [4.78, 5) is 16.2.